The van der Waals surface area contributed by atoms with Gasteiger partial charge in [0, 0.05) is 25.4 Å². The van der Waals surface area contributed by atoms with Crippen LogP contribution < -0.4 is 14.2 Å². The van der Waals surface area contributed by atoms with E-state index in [2.05, 4.69) is 4.98 Å². The highest BCUT2D eigenvalue weighted by molar-refractivity contribution is 5.67. The molecule has 0 aliphatic rings. The van der Waals surface area contributed by atoms with E-state index in [4.69, 9.17) is 23.7 Å². The molecule has 0 atom stereocenters. The topological polar surface area (TPSA) is 79.4 Å². The molecule has 2 aromatic carbocycles. The summed E-state index contributed by atoms with van der Waals surface area (Å²) in [5, 5.41) is 0. The van der Waals surface area contributed by atoms with Crippen molar-refractivity contribution in [2.45, 2.75) is 13.1 Å². The average molecular weight is 438 g/mol. The molecule has 8 nitrogen and oxygen atoms in total. The minimum Gasteiger partial charge on any atom is -0.497 e. The van der Waals surface area contributed by atoms with Gasteiger partial charge in [-0.1, -0.05) is 30.3 Å². The highest BCUT2D eigenvalue weighted by Gasteiger charge is 2.17. The summed E-state index contributed by atoms with van der Waals surface area (Å²) in [4.78, 5) is 18.4. The van der Waals surface area contributed by atoms with E-state index in [1.165, 1.54) is 0 Å². The molecule has 0 saturated carbocycles. The summed E-state index contributed by atoms with van der Waals surface area (Å²) in [5.74, 6) is 1.86. The molecule has 0 radical (unpaired) electrons. The van der Waals surface area contributed by atoms with Crippen molar-refractivity contribution in [2.75, 3.05) is 27.8 Å². The van der Waals surface area contributed by atoms with Crippen molar-refractivity contribution < 1.29 is 28.5 Å². The molecule has 0 bridgehead atoms. The molecule has 0 spiro atoms. The van der Waals surface area contributed by atoms with E-state index in [0.717, 1.165) is 11.1 Å². The van der Waals surface area contributed by atoms with Crippen LogP contribution in [0.2, 0.25) is 0 Å². The minimum absolute atomic E-state index is 0.0872. The second kappa shape index (κ2) is 12.2. The lowest BCUT2D eigenvalue weighted by Gasteiger charge is -2.23. The molecule has 0 fully saturated rings. The van der Waals surface area contributed by atoms with Crippen LogP contribution in [0, 0.1) is 0 Å². The number of hydrogen-bond donors (Lipinski definition) is 0. The number of hydrogen-bond acceptors (Lipinski definition) is 7. The number of aromatic nitrogens is 1. The Balaban J connectivity index is 1.60. The van der Waals surface area contributed by atoms with Gasteiger partial charge < -0.3 is 23.7 Å². The van der Waals surface area contributed by atoms with E-state index in [1.807, 2.05) is 48.5 Å². The summed E-state index contributed by atoms with van der Waals surface area (Å²) in [6, 6.07) is 20.4. The molecule has 0 unspecified atom stereocenters. The first kappa shape index (κ1) is 22.9. The van der Waals surface area contributed by atoms with Crippen LogP contribution in [0.15, 0.2) is 72.9 Å². The summed E-state index contributed by atoms with van der Waals surface area (Å²) in [6.07, 6.45) is 1.10. The smallest absolute Gasteiger partial charge is 0.412 e. The summed E-state index contributed by atoms with van der Waals surface area (Å²) >= 11 is 0. The van der Waals surface area contributed by atoms with Crippen LogP contribution >= 0.6 is 0 Å². The zero-order chi connectivity index (χ0) is 22.6. The van der Waals surface area contributed by atoms with Gasteiger partial charge in [0.05, 0.1) is 14.2 Å². The molecule has 32 heavy (non-hydrogen) atoms. The van der Waals surface area contributed by atoms with Gasteiger partial charge in [-0.2, -0.15) is 0 Å². The molecule has 0 aliphatic heterocycles. The van der Waals surface area contributed by atoms with Crippen LogP contribution in [0.3, 0.4) is 0 Å². The standard InChI is InChI=1S/C24H26N2O6/c1-28-21-9-5-7-19(13-21)15-26(16-20-8-6-10-22(14-20)29-2)24(27)32-18-30-17-31-23-11-3-4-12-25-23/h3-14H,15-18H2,1-2H3. The van der Waals surface area contributed by atoms with Crippen LogP contribution in [0.4, 0.5) is 4.79 Å². The highest BCUT2D eigenvalue weighted by Crippen LogP contribution is 2.19. The number of benzene rings is 2. The van der Waals surface area contributed by atoms with Gasteiger partial charge in [-0.3, -0.25) is 4.90 Å². The van der Waals surface area contributed by atoms with Crippen molar-refractivity contribution in [2.24, 2.45) is 0 Å². The van der Waals surface area contributed by atoms with Crippen molar-refractivity contribution in [3.05, 3.63) is 84.1 Å². The first-order valence-electron chi connectivity index (χ1n) is 9.97. The lowest BCUT2D eigenvalue weighted by molar-refractivity contribution is -0.0791. The van der Waals surface area contributed by atoms with E-state index >= 15 is 0 Å². The van der Waals surface area contributed by atoms with Crippen molar-refractivity contribution in [1.82, 2.24) is 9.88 Å². The van der Waals surface area contributed by atoms with Crippen LogP contribution in [0.1, 0.15) is 11.1 Å². The van der Waals surface area contributed by atoms with Gasteiger partial charge in [0.15, 0.2) is 13.6 Å². The normalized spacial score (nSPS) is 10.3. The lowest BCUT2D eigenvalue weighted by Crippen LogP contribution is -2.31. The van der Waals surface area contributed by atoms with Gasteiger partial charge >= 0.3 is 6.09 Å². The number of rotatable bonds is 11. The van der Waals surface area contributed by atoms with Crippen molar-refractivity contribution >= 4 is 6.09 Å². The molecule has 8 heteroatoms. The highest BCUT2D eigenvalue weighted by atomic mass is 16.7. The third-order valence-corrected chi connectivity index (χ3v) is 4.47. The van der Waals surface area contributed by atoms with Crippen molar-refractivity contribution in [1.29, 1.82) is 0 Å². The molecule has 3 rings (SSSR count). The number of carbonyl (C=O) groups excluding carboxylic acids is 1. The molecular formula is C24H26N2O6. The number of pyridine rings is 1. The second-order valence-corrected chi connectivity index (χ2v) is 6.72. The third-order valence-electron chi connectivity index (χ3n) is 4.47. The van der Waals surface area contributed by atoms with E-state index in [9.17, 15) is 4.79 Å². The summed E-state index contributed by atoms with van der Waals surface area (Å²) in [5.41, 5.74) is 1.81. The first-order valence-corrected chi connectivity index (χ1v) is 9.97. The van der Waals surface area contributed by atoms with E-state index < -0.39 is 6.09 Å². The Morgan fingerprint density at radius 1 is 0.844 bits per heavy atom. The largest absolute Gasteiger partial charge is 0.497 e. The monoisotopic (exact) mass is 438 g/mol. The molecule has 3 aromatic rings. The first-order chi connectivity index (χ1) is 15.7. The van der Waals surface area contributed by atoms with Gasteiger partial charge in [-0.05, 0) is 41.5 Å². The SMILES string of the molecule is COc1cccc(CN(Cc2cccc(OC)c2)C(=O)OCOCOc2ccccn2)c1. The molecule has 1 amide bonds. The van der Waals surface area contributed by atoms with Crippen molar-refractivity contribution in [3.8, 4) is 17.4 Å². The number of nitrogens with zero attached hydrogens (tertiary/aromatic N) is 2. The number of ether oxygens (including phenoxy) is 5. The van der Waals surface area contributed by atoms with E-state index in [-0.39, 0.29) is 13.6 Å². The Kier molecular flexibility index (Phi) is 8.70. The van der Waals surface area contributed by atoms with E-state index in [1.54, 1.807) is 43.5 Å². The minimum atomic E-state index is -0.520. The van der Waals surface area contributed by atoms with Gasteiger partial charge in [0.1, 0.15) is 11.5 Å². The Labute approximate surface area is 187 Å². The van der Waals surface area contributed by atoms with Gasteiger partial charge in [0.25, 0.3) is 0 Å². The maximum absolute atomic E-state index is 12.8. The maximum Gasteiger partial charge on any atom is 0.412 e. The van der Waals surface area contributed by atoms with Gasteiger partial charge in [-0.15, -0.1) is 0 Å². The third kappa shape index (κ3) is 7.17. The summed E-state index contributed by atoms with van der Waals surface area (Å²) < 4.78 is 26.5. The quantitative estimate of drug-likeness (QED) is 0.327. The zero-order valence-electron chi connectivity index (χ0n) is 18.1. The van der Waals surface area contributed by atoms with Gasteiger partial charge in [-0.25, -0.2) is 9.78 Å². The number of carbonyl (C=O) groups is 1. The molecule has 0 saturated heterocycles. The zero-order valence-corrected chi connectivity index (χ0v) is 18.1. The Hall–Kier alpha value is -3.78. The molecule has 1 aromatic heterocycles. The molecule has 0 aliphatic carbocycles. The molecule has 168 valence electrons. The molecule has 0 N–H and O–H groups in total. The molecule has 1 heterocycles. The van der Waals surface area contributed by atoms with E-state index in [0.29, 0.717) is 30.5 Å². The second-order valence-electron chi connectivity index (χ2n) is 6.72. The predicted octanol–water partition coefficient (Wildman–Crippen LogP) is 4.25. The maximum atomic E-state index is 12.8. The summed E-state index contributed by atoms with van der Waals surface area (Å²) in [6.45, 7) is 0.323. The Bertz CT molecular complexity index is 933. The fourth-order valence-electron chi connectivity index (χ4n) is 2.92. The average Bonchev–Trinajstić information content (AvgIpc) is 2.84. The number of amides is 1. The summed E-state index contributed by atoms with van der Waals surface area (Å²) in [7, 11) is 3.21. The molecular weight excluding hydrogens is 412 g/mol. The van der Waals surface area contributed by atoms with Crippen LogP contribution in [-0.2, 0) is 22.6 Å². The van der Waals surface area contributed by atoms with Crippen LogP contribution in [-0.4, -0.2) is 43.8 Å². The fraction of sp³-hybridized carbons (Fsp3) is 0.250. The fourth-order valence-corrected chi connectivity index (χ4v) is 2.92. The van der Waals surface area contributed by atoms with Crippen molar-refractivity contribution in [3.63, 3.8) is 0 Å². The Morgan fingerprint density at radius 2 is 1.50 bits per heavy atom. The Morgan fingerprint density at radius 3 is 2.06 bits per heavy atom. The number of methoxy groups -OCH3 is 2. The lowest BCUT2D eigenvalue weighted by atomic mass is 10.1. The van der Waals surface area contributed by atoms with Crippen LogP contribution in [0.25, 0.3) is 0 Å². The van der Waals surface area contributed by atoms with Crippen LogP contribution in [0.5, 0.6) is 17.4 Å². The predicted molar refractivity (Wildman–Crippen MR) is 117 cm³/mol. The van der Waals surface area contributed by atoms with Gasteiger partial charge in [0.2, 0.25) is 5.88 Å².